The molecule has 0 aromatic carbocycles. The van der Waals surface area contributed by atoms with Crippen molar-refractivity contribution < 1.29 is 0 Å². The lowest BCUT2D eigenvalue weighted by molar-refractivity contribution is 0.302. The van der Waals surface area contributed by atoms with Crippen LogP contribution < -0.4 is 5.32 Å². The first-order chi connectivity index (χ1) is 10.5. The van der Waals surface area contributed by atoms with Gasteiger partial charge in [0.1, 0.15) is 0 Å². The fourth-order valence-electron chi connectivity index (χ4n) is 4.92. The lowest BCUT2D eigenvalue weighted by Gasteiger charge is -2.32. The average Bonchev–Trinajstić information content (AvgIpc) is 3.08. The van der Waals surface area contributed by atoms with Crippen LogP contribution in [0.25, 0.3) is 0 Å². The van der Waals surface area contributed by atoms with E-state index in [-0.39, 0.29) is 5.41 Å². The Kier molecular flexibility index (Phi) is 3.56. The number of fused-ring (bicyclic) bond motifs is 3. The van der Waals surface area contributed by atoms with E-state index in [1.165, 1.54) is 55.3 Å². The molecule has 22 heavy (non-hydrogen) atoms. The van der Waals surface area contributed by atoms with Crippen molar-refractivity contribution in [2.24, 2.45) is 11.8 Å². The van der Waals surface area contributed by atoms with E-state index in [4.69, 9.17) is 4.98 Å². The molecule has 0 radical (unpaired) electrons. The largest absolute Gasteiger partial charge is 0.311 e. The molecule has 3 aliphatic carbocycles. The number of hydrogen-bond donors (Lipinski definition) is 1. The number of hydrogen-bond acceptors (Lipinski definition) is 2. The molecule has 4 rings (SSSR count). The summed E-state index contributed by atoms with van der Waals surface area (Å²) < 4.78 is 0. The van der Waals surface area contributed by atoms with Gasteiger partial charge in [0, 0.05) is 24.0 Å². The minimum Gasteiger partial charge on any atom is -0.311 e. The predicted octanol–water partition coefficient (Wildman–Crippen LogP) is 4.01. The highest BCUT2D eigenvalue weighted by Crippen LogP contribution is 2.44. The van der Waals surface area contributed by atoms with Crippen LogP contribution in [0.15, 0.2) is 12.3 Å². The molecule has 2 saturated carbocycles. The van der Waals surface area contributed by atoms with Crippen LogP contribution in [0.1, 0.15) is 69.7 Å². The van der Waals surface area contributed by atoms with Crippen molar-refractivity contribution in [2.75, 3.05) is 0 Å². The van der Waals surface area contributed by atoms with E-state index < -0.39 is 0 Å². The molecule has 1 heterocycles. The van der Waals surface area contributed by atoms with Gasteiger partial charge >= 0.3 is 0 Å². The molecule has 0 spiro atoms. The van der Waals surface area contributed by atoms with Gasteiger partial charge in [0.15, 0.2) is 0 Å². The highest BCUT2D eigenvalue weighted by atomic mass is 15.0. The zero-order chi connectivity index (χ0) is 15.3. The molecule has 4 unspecified atom stereocenters. The number of aromatic nitrogens is 1. The molecule has 120 valence electrons. The third-order valence-corrected chi connectivity index (χ3v) is 6.31. The van der Waals surface area contributed by atoms with Crippen LogP contribution in [0, 0.1) is 11.8 Å². The van der Waals surface area contributed by atoms with E-state index in [1.54, 1.807) is 0 Å². The summed E-state index contributed by atoms with van der Waals surface area (Å²) in [5.74, 6) is 2.01. The number of rotatable bonds is 2. The standard InChI is InChI=1S/C20H30N2/c1-20(2,3)16-10-15-11-17(6-7-18(15)21-12-16)22-19-9-13-4-5-14(19)8-13/h10,12-14,17,19,22H,4-9,11H2,1-3H3. The molecule has 2 heteroatoms. The molecular formula is C20H30N2. The fraction of sp³-hybridized carbons (Fsp3) is 0.750. The normalized spacial score (nSPS) is 34.0. The second-order valence-electron chi connectivity index (χ2n) is 8.97. The van der Waals surface area contributed by atoms with Crippen LogP contribution in [-0.2, 0) is 18.3 Å². The molecule has 0 saturated heterocycles. The number of nitrogens with zero attached hydrogens (tertiary/aromatic N) is 1. The van der Waals surface area contributed by atoms with E-state index in [1.807, 2.05) is 0 Å². The van der Waals surface area contributed by atoms with Crippen molar-refractivity contribution in [2.45, 2.75) is 83.2 Å². The maximum atomic E-state index is 4.76. The fourth-order valence-corrected chi connectivity index (χ4v) is 4.92. The molecular weight excluding hydrogens is 268 g/mol. The van der Waals surface area contributed by atoms with E-state index in [0.29, 0.717) is 6.04 Å². The monoisotopic (exact) mass is 298 g/mol. The highest BCUT2D eigenvalue weighted by Gasteiger charge is 2.40. The lowest BCUT2D eigenvalue weighted by Crippen LogP contribution is -2.44. The molecule has 1 aromatic heterocycles. The summed E-state index contributed by atoms with van der Waals surface area (Å²) in [4.78, 5) is 4.76. The minimum absolute atomic E-state index is 0.201. The van der Waals surface area contributed by atoms with E-state index in [9.17, 15) is 0 Å². The Morgan fingerprint density at radius 3 is 2.68 bits per heavy atom. The highest BCUT2D eigenvalue weighted by molar-refractivity contribution is 5.32. The van der Waals surface area contributed by atoms with Gasteiger partial charge in [-0.2, -0.15) is 0 Å². The summed E-state index contributed by atoms with van der Waals surface area (Å²) >= 11 is 0. The van der Waals surface area contributed by atoms with Crippen LogP contribution in [0.2, 0.25) is 0 Å². The van der Waals surface area contributed by atoms with Gasteiger partial charge in [-0.3, -0.25) is 4.98 Å². The van der Waals surface area contributed by atoms with E-state index >= 15 is 0 Å². The third-order valence-electron chi connectivity index (χ3n) is 6.31. The summed E-state index contributed by atoms with van der Waals surface area (Å²) in [5.41, 5.74) is 4.43. The Bertz CT molecular complexity index is 557. The first kappa shape index (κ1) is 14.7. The van der Waals surface area contributed by atoms with Crippen LogP contribution in [-0.4, -0.2) is 17.1 Å². The van der Waals surface area contributed by atoms with Gasteiger partial charge in [0.25, 0.3) is 0 Å². The number of nitrogens with one attached hydrogen (secondary N) is 1. The van der Waals surface area contributed by atoms with Crippen molar-refractivity contribution in [3.05, 3.63) is 29.1 Å². The zero-order valence-corrected chi connectivity index (χ0v) is 14.4. The maximum Gasteiger partial charge on any atom is 0.0436 e. The van der Waals surface area contributed by atoms with Crippen LogP contribution >= 0.6 is 0 Å². The molecule has 1 N–H and O–H groups in total. The minimum atomic E-state index is 0.201. The predicted molar refractivity (Wildman–Crippen MR) is 91.1 cm³/mol. The quantitative estimate of drug-likeness (QED) is 0.892. The van der Waals surface area contributed by atoms with Gasteiger partial charge in [0.2, 0.25) is 0 Å². The average molecular weight is 298 g/mol. The molecule has 4 atom stereocenters. The molecule has 0 aliphatic heterocycles. The SMILES string of the molecule is CC(C)(C)c1cnc2c(c1)CC(NC1CC3CCC1C3)CC2. The summed E-state index contributed by atoms with van der Waals surface area (Å²) in [7, 11) is 0. The van der Waals surface area contributed by atoms with E-state index in [0.717, 1.165) is 24.3 Å². The van der Waals surface area contributed by atoms with Gasteiger partial charge < -0.3 is 5.32 Å². The smallest absolute Gasteiger partial charge is 0.0436 e. The summed E-state index contributed by atoms with van der Waals surface area (Å²) in [6.07, 6.45) is 11.6. The Balaban J connectivity index is 1.46. The topological polar surface area (TPSA) is 24.9 Å². The van der Waals surface area contributed by atoms with Crippen molar-refractivity contribution in [1.29, 1.82) is 0 Å². The van der Waals surface area contributed by atoms with Crippen molar-refractivity contribution >= 4 is 0 Å². The number of pyridine rings is 1. The van der Waals surface area contributed by atoms with Gasteiger partial charge in [-0.05, 0) is 66.9 Å². The first-order valence-electron chi connectivity index (χ1n) is 9.23. The Hall–Kier alpha value is -0.890. The van der Waals surface area contributed by atoms with Crippen molar-refractivity contribution in [3.8, 4) is 0 Å². The van der Waals surface area contributed by atoms with Crippen LogP contribution in [0.3, 0.4) is 0 Å². The molecule has 0 amide bonds. The Morgan fingerprint density at radius 1 is 1.14 bits per heavy atom. The molecule has 2 bridgehead atoms. The third kappa shape index (κ3) is 2.71. The second-order valence-corrected chi connectivity index (χ2v) is 8.97. The summed E-state index contributed by atoms with van der Waals surface area (Å²) in [6.45, 7) is 6.85. The lowest BCUT2D eigenvalue weighted by atomic mass is 9.83. The summed E-state index contributed by atoms with van der Waals surface area (Å²) in [5, 5.41) is 4.02. The molecule has 2 fully saturated rings. The Morgan fingerprint density at radius 2 is 2.00 bits per heavy atom. The number of aryl methyl sites for hydroxylation is 1. The van der Waals surface area contributed by atoms with Gasteiger partial charge in [-0.1, -0.05) is 33.3 Å². The summed E-state index contributed by atoms with van der Waals surface area (Å²) in [6, 6.07) is 3.91. The second kappa shape index (κ2) is 5.33. The van der Waals surface area contributed by atoms with E-state index in [2.05, 4.69) is 38.4 Å². The van der Waals surface area contributed by atoms with Crippen molar-refractivity contribution in [1.82, 2.24) is 10.3 Å². The zero-order valence-electron chi connectivity index (χ0n) is 14.4. The van der Waals surface area contributed by atoms with Gasteiger partial charge in [-0.25, -0.2) is 0 Å². The maximum absolute atomic E-state index is 4.76. The van der Waals surface area contributed by atoms with Gasteiger partial charge in [-0.15, -0.1) is 0 Å². The first-order valence-corrected chi connectivity index (χ1v) is 9.23. The van der Waals surface area contributed by atoms with Gasteiger partial charge in [0.05, 0.1) is 0 Å². The Labute approximate surface area is 135 Å². The van der Waals surface area contributed by atoms with Crippen LogP contribution in [0.5, 0.6) is 0 Å². The molecule has 1 aromatic rings. The molecule has 3 aliphatic rings. The van der Waals surface area contributed by atoms with Crippen molar-refractivity contribution in [3.63, 3.8) is 0 Å². The molecule has 2 nitrogen and oxygen atoms in total. The van der Waals surface area contributed by atoms with Crippen LogP contribution in [0.4, 0.5) is 0 Å².